The Hall–Kier alpha value is -1.59. The highest BCUT2D eigenvalue weighted by atomic mass is 16.2. The largest absolute Gasteiger partial charge is 0.352 e. The Bertz CT molecular complexity index is 474. The van der Waals surface area contributed by atoms with Crippen molar-refractivity contribution in [2.24, 2.45) is 0 Å². The highest BCUT2D eigenvalue weighted by Crippen LogP contribution is 2.16. The molecule has 2 rings (SSSR count). The number of H-pyrrole nitrogens is 1. The number of aromatic nitrogens is 3. The number of aromatic amines is 1. The molecular weight excluding hydrogens is 220 g/mol. The van der Waals surface area contributed by atoms with Gasteiger partial charge in [-0.1, -0.05) is 20.8 Å². The summed E-state index contributed by atoms with van der Waals surface area (Å²) in [6.07, 6.45) is 1.99. The summed E-state index contributed by atoms with van der Waals surface area (Å²) in [7, 11) is 0. The first kappa shape index (κ1) is 11.9. The lowest BCUT2D eigenvalue weighted by atomic mass is 9.96. The Kier molecular flexibility index (Phi) is 2.81. The van der Waals surface area contributed by atoms with Gasteiger partial charge in [-0.15, -0.1) is 9.78 Å². The zero-order valence-electron chi connectivity index (χ0n) is 10.5. The van der Waals surface area contributed by atoms with Crippen LogP contribution in [0.5, 0.6) is 0 Å². The highest BCUT2D eigenvalue weighted by Gasteiger charge is 2.25. The van der Waals surface area contributed by atoms with Crippen LogP contribution in [0.2, 0.25) is 0 Å². The zero-order valence-corrected chi connectivity index (χ0v) is 10.5. The average molecular weight is 238 g/mol. The SMILES string of the molecule is CC(C)(C)c1nn(C(=O)N2CCCC2)c(=O)[nH]1. The van der Waals surface area contributed by atoms with Crippen LogP contribution in [0.25, 0.3) is 0 Å². The Morgan fingerprint density at radius 1 is 1.29 bits per heavy atom. The van der Waals surface area contributed by atoms with Crippen LogP contribution >= 0.6 is 0 Å². The van der Waals surface area contributed by atoms with Gasteiger partial charge in [0.05, 0.1) is 0 Å². The lowest BCUT2D eigenvalue weighted by Crippen LogP contribution is -2.38. The van der Waals surface area contributed by atoms with Crippen LogP contribution in [-0.2, 0) is 5.41 Å². The Morgan fingerprint density at radius 2 is 1.88 bits per heavy atom. The third-order valence-electron chi connectivity index (χ3n) is 2.89. The number of hydrogen-bond donors (Lipinski definition) is 1. The van der Waals surface area contributed by atoms with E-state index in [1.54, 1.807) is 4.90 Å². The van der Waals surface area contributed by atoms with Gasteiger partial charge in [-0.3, -0.25) is 4.98 Å². The molecule has 2 heterocycles. The van der Waals surface area contributed by atoms with Crippen molar-refractivity contribution in [3.63, 3.8) is 0 Å². The number of nitrogens with zero attached hydrogens (tertiary/aromatic N) is 3. The maximum Gasteiger partial charge on any atom is 0.352 e. The predicted octanol–water partition coefficient (Wildman–Crippen LogP) is 0.933. The predicted molar refractivity (Wildman–Crippen MR) is 63.1 cm³/mol. The van der Waals surface area contributed by atoms with Gasteiger partial charge < -0.3 is 4.90 Å². The second kappa shape index (κ2) is 4.01. The first-order chi connectivity index (χ1) is 7.89. The lowest BCUT2D eigenvalue weighted by Gasteiger charge is -2.14. The van der Waals surface area contributed by atoms with Gasteiger partial charge in [-0.2, -0.15) is 0 Å². The highest BCUT2D eigenvalue weighted by molar-refractivity contribution is 5.75. The zero-order chi connectivity index (χ0) is 12.6. The number of carbonyl (C=O) groups is 1. The van der Waals surface area contributed by atoms with Crippen molar-refractivity contribution in [1.82, 2.24) is 19.7 Å². The van der Waals surface area contributed by atoms with Crippen LogP contribution < -0.4 is 5.69 Å². The average Bonchev–Trinajstić information content (AvgIpc) is 2.83. The molecule has 6 nitrogen and oxygen atoms in total. The molecule has 0 unspecified atom stereocenters. The first-order valence-electron chi connectivity index (χ1n) is 5.89. The molecule has 0 saturated carbocycles. The Balaban J connectivity index is 2.30. The molecule has 1 aliphatic heterocycles. The number of nitrogens with one attached hydrogen (secondary N) is 1. The second-order valence-electron chi connectivity index (χ2n) is 5.42. The second-order valence-corrected chi connectivity index (χ2v) is 5.42. The summed E-state index contributed by atoms with van der Waals surface area (Å²) >= 11 is 0. The number of carbonyl (C=O) groups excluding carboxylic acids is 1. The smallest absolute Gasteiger partial charge is 0.323 e. The molecule has 0 bridgehead atoms. The summed E-state index contributed by atoms with van der Waals surface area (Å²) in [5, 5.41) is 4.08. The summed E-state index contributed by atoms with van der Waals surface area (Å²) in [6.45, 7) is 7.24. The molecule has 0 aromatic carbocycles. The van der Waals surface area contributed by atoms with Crippen LogP contribution in [0.4, 0.5) is 4.79 Å². The van der Waals surface area contributed by atoms with E-state index in [2.05, 4.69) is 10.1 Å². The minimum Gasteiger partial charge on any atom is -0.323 e. The van der Waals surface area contributed by atoms with Crippen molar-refractivity contribution in [2.75, 3.05) is 13.1 Å². The van der Waals surface area contributed by atoms with Crippen molar-refractivity contribution in [3.8, 4) is 0 Å². The molecule has 0 radical (unpaired) electrons. The van der Waals surface area contributed by atoms with Gasteiger partial charge in [-0.25, -0.2) is 9.59 Å². The van der Waals surface area contributed by atoms with E-state index in [0.717, 1.165) is 17.5 Å². The van der Waals surface area contributed by atoms with Crippen molar-refractivity contribution in [1.29, 1.82) is 0 Å². The summed E-state index contributed by atoms with van der Waals surface area (Å²) in [5.41, 5.74) is -0.720. The van der Waals surface area contributed by atoms with Gasteiger partial charge in [0.25, 0.3) is 0 Å². The van der Waals surface area contributed by atoms with Crippen LogP contribution in [0.15, 0.2) is 4.79 Å². The fraction of sp³-hybridized carbons (Fsp3) is 0.727. The molecule has 1 amide bonds. The van der Waals surface area contributed by atoms with Crippen molar-refractivity contribution < 1.29 is 4.79 Å². The Morgan fingerprint density at radius 3 is 2.35 bits per heavy atom. The van der Waals surface area contributed by atoms with E-state index in [-0.39, 0.29) is 11.4 Å². The van der Waals surface area contributed by atoms with Gasteiger partial charge in [0.2, 0.25) is 0 Å². The van der Waals surface area contributed by atoms with Crippen LogP contribution in [-0.4, -0.2) is 38.8 Å². The third-order valence-corrected chi connectivity index (χ3v) is 2.89. The van der Waals surface area contributed by atoms with Crippen LogP contribution in [0.1, 0.15) is 39.4 Å². The van der Waals surface area contributed by atoms with Gasteiger partial charge in [0, 0.05) is 18.5 Å². The maximum atomic E-state index is 12.0. The molecule has 1 fully saturated rings. The molecular formula is C11H18N4O2. The molecule has 1 aliphatic rings. The first-order valence-corrected chi connectivity index (χ1v) is 5.89. The number of likely N-dealkylation sites (tertiary alicyclic amines) is 1. The van der Waals surface area contributed by atoms with E-state index >= 15 is 0 Å². The number of rotatable bonds is 0. The van der Waals surface area contributed by atoms with E-state index in [1.165, 1.54) is 0 Å². The number of hydrogen-bond acceptors (Lipinski definition) is 3. The van der Waals surface area contributed by atoms with E-state index in [1.807, 2.05) is 20.8 Å². The molecule has 1 N–H and O–H groups in total. The summed E-state index contributed by atoms with van der Waals surface area (Å²) in [5.74, 6) is 0.537. The molecule has 1 saturated heterocycles. The normalized spacial score (nSPS) is 16.5. The summed E-state index contributed by atoms with van der Waals surface area (Å²) in [4.78, 5) is 28.0. The molecule has 6 heteroatoms. The van der Waals surface area contributed by atoms with E-state index in [4.69, 9.17) is 0 Å². The van der Waals surface area contributed by atoms with E-state index < -0.39 is 5.69 Å². The minimum atomic E-state index is -0.452. The topological polar surface area (TPSA) is 71.0 Å². The van der Waals surface area contributed by atoms with Crippen molar-refractivity contribution in [3.05, 3.63) is 16.3 Å². The minimum absolute atomic E-state index is 0.268. The van der Waals surface area contributed by atoms with Gasteiger partial charge in [0.1, 0.15) is 5.82 Å². The Labute approximate surface area is 99.6 Å². The van der Waals surface area contributed by atoms with Crippen molar-refractivity contribution in [2.45, 2.75) is 39.0 Å². The van der Waals surface area contributed by atoms with E-state index in [9.17, 15) is 9.59 Å². The third kappa shape index (κ3) is 2.25. The molecule has 0 spiro atoms. The van der Waals surface area contributed by atoms with E-state index in [0.29, 0.717) is 18.9 Å². The van der Waals surface area contributed by atoms with Gasteiger partial charge in [0.15, 0.2) is 0 Å². The van der Waals surface area contributed by atoms with Gasteiger partial charge >= 0.3 is 11.7 Å². The van der Waals surface area contributed by atoms with Crippen molar-refractivity contribution >= 4 is 6.03 Å². The molecule has 17 heavy (non-hydrogen) atoms. The maximum absolute atomic E-state index is 12.0. The summed E-state index contributed by atoms with van der Waals surface area (Å²) < 4.78 is 0.936. The quantitative estimate of drug-likeness (QED) is 0.731. The number of amides is 1. The molecule has 1 aromatic rings. The lowest BCUT2D eigenvalue weighted by molar-refractivity contribution is 0.206. The summed E-state index contributed by atoms with van der Waals surface area (Å²) in [6, 6.07) is -0.320. The molecule has 94 valence electrons. The fourth-order valence-corrected chi connectivity index (χ4v) is 1.83. The van der Waals surface area contributed by atoms with Crippen LogP contribution in [0.3, 0.4) is 0 Å². The van der Waals surface area contributed by atoms with Gasteiger partial charge in [-0.05, 0) is 12.8 Å². The molecule has 0 aliphatic carbocycles. The molecule has 0 atom stereocenters. The fourth-order valence-electron chi connectivity index (χ4n) is 1.83. The molecule has 1 aromatic heterocycles. The monoisotopic (exact) mass is 238 g/mol. The standard InChI is InChI=1S/C11H18N4O2/c1-11(2,3)8-12-9(16)15(13-8)10(17)14-6-4-5-7-14/h4-7H2,1-3H3,(H,12,13,16). The van der Waals surface area contributed by atoms with Crippen LogP contribution in [0, 0.1) is 0 Å².